The molecule has 1 aliphatic heterocycles. The maximum absolute atomic E-state index is 9.61. The lowest BCUT2D eigenvalue weighted by atomic mass is 9.86. The Morgan fingerprint density at radius 3 is 2.28 bits per heavy atom. The van der Waals surface area contributed by atoms with Crippen LogP contribution in [0.5, 0.6) is 17.2 Å². The zero-order valence-electron chi connectivity index (χ0n) is 19.0. The molecule has 0 aromatic heterocycles. The highest BCUT2D eigenvalue weighted by Crippen LogP contribution is 2.36. The van der Waals surface area contributed by atoms with Crippen molar-refractivity contribution in [1.29, 1.82) is 0 Å². The number of rotatable bonds is 3. The topological polar surface area (TPSA) is 50.7 Å². The van der Waals surface area contributed by atoms with Crippen LogP contribution in [0.15, 0.2) is 42.5 Å². The molecule has 0 aliphatic carbocycles. The Labute approximate surface area is 175 Å². The van der Waals surface area contributed by atoms with Gasteiger partial charge in [0.15, 0.2) is 0 Å². The van der Waals surface area contributed by atoms with Crippen LogP contribution in [0.1, 0.15) is 59.6 Å². The summed E-state index contributed by atoms with van der Waals surface area (Å²) in [6, 6.07) is 11.5. The van der Waals surface area contributed by atoms with Gasteiger partial charge >= 0.3 is 0 Å². The fraction of sp³-hybridized carbons (Fsp3) is 0.440. The predicted octanol–water partition coefficient (Wildman–Crippen LogP) is 6.39. The number of hydrogen-bond donors (Lipinski definition) is 2. The molecule has 0 atom stereocenters. The number of anilines is 1. The molecule has 4 nitrogen and oxygen atoms in total. The van der Waals surface area contributed by atoms with Gasteiger partial charge in [-0.3, -0.25) is 0 Å². The number of phenols is 1. The van der Waals surface area contributed by atoms with Crippen LogP contribution in [-0.4, -0.2) is 24.4 Å². The zero-order chi connectivity index (χ0) is 21.8. The van der Waals surface area contributed by atoms with Crippen LogP contribution >= 0.6 is 0 Å². The fourth-order valence-corrected chi connectivity index (χ4v) is 3.46. The van der Waals surface area contributed by atoms with E-state index >= 15 is 0 Å². The normalized spacial score (nSPS) is 14.6. The van der Waals surface area contributed by atoms with Gasteiger partial charge in [0.1, 0.15) is 17.2 Å². The lowest BCUT2D eigenvalue weighted by Gasteiger charge is -2.31. The molecule has 4 heteroatoms. The molecule has 0 saturated heterocycles. The van der Waals surface area contributed by atoms with E-state index in [1.807, 2.05) is 19.1 Å². The van der Waals surface area contributed by atoms with Gasteiger partial charge in [-0.2, -0.15) is 0 Å². The molecule has 29 heavy (non-hydrogen) atoms. The SMILES string of the molecule is CCOc1ccc2c(c1)C(C)=CC(C)(C)N2.COc1ccc(O)c(C(C)(C)C)c1. The van der Waals surface area contributed by atoms with E-state index in [0.29, 0.717) is 12.4 Å². The molecular weight excluding hydrogens is 362 g/mol. The first-order valence-corrected chi connectivity index (χ1v) is 10.1. The summed E-state index contributed by atoms with van der Waals surface area (Å²) in [5.74, 6) is 2.05. The number of allylic oxidation sites excluding steroid dienone is 1. The van der Waals surface area contributed by atoms with Crippen LogP contribution < -0.4 is 14.8 Å². The van der Waals surface area contributed by atoms with E-state index in [-0.39, 0.29) is 11.0 Å². The van der Waals surface area contributed by atoms with E-state index in [4.69, 9.17) is 9.47 Å². The van der Waals surface area contributed by atoms with Crippen molar-refractivity contribution >= 4 is 11.3 Å². The number of fused-ring (bicyclic) bond motifs is 1. The Hall–Kier alpha value is -2.62. The largest absolute Gasteiger partial charge is 0.508 e. The van der Waals surface area contributed by atoms with Crippen LogP contribution in [0.25, 0.3) is 5.57 Å². The van der Waals surface area contributed by atoms with Gasteiger partial charge in [0, 0.05) is 16.8 Å². The minimum atomic E-state index is -0.0569. The second kappa shape index (κ2) is 8.81. The fourth-order valence-electron chi connectivity index (χ4n) is 3.46. The van der Waals surface area contributed by atoms with Gasteiger partial charge in [0.05, 0.1) is 19.3 Å². The summed E-state index contributed by atoms with van der Waals surface area (Å²) in [5, 5.41) is 13.1. The molecular formula is C25H35NO3. The van der Waals surface area contributed by atoms with Gasteiger partial charge in [0.2, 0.25) is 0 Å². The van der Waals surface area contributed by atoms with Crippen molar-refractivity contribution in [1.82, 2.24) is 0 Å². The van der Waals surface area contributed by atoms with Crippen molar-refractivity contribution < 1.29 is 14.6 Å². The van der Waals surface area contributed by atoms with Crippen LogP contribution in [0.3, 0.4) is 0 Å². The summed E-state index contributed by atoms with van der Waals surface area (Å²) < 4.78 is 10.6. The quantitative estimate of drug-likeness (QED) is 0.630. The highest BCUT2D eigenvalue weighted by molar-refractivity contribution is 5.80. The van der Waals surface area contributed by atoms with Crippen LogP contribution in [0.4, 0.5) is 5.69 Å². The van der Waals surface area contributed by atoms with Crippen LogP contribution in [0.2, 0.25) is 0 Å². The van der Waals surface area contributed by atoms with E-state index in [1.165, 1.54) is 16.8 Å². The molecule has 1 heterocycles. The molecule has 0 saturated carbocycles. The standard InChI is InChI=1S/C14H19NO.C11H16O2/c1-5-16-11-6-7-13-12(8-11)10(2)9-14(3,4)15-13;1-11(2,3)9-7-8(13-4)5-6-10(9)12/h6-9,15H,5H2,1-4H3;5-7,12H,1-4H3. The van der Waals surface area contributed by atoms with Gasteiger partial charge in [-0.1, -0.05) is 26.8 Å². The highest BCUT2D eigenvalue weighted by atomic mass is 16.5. The first-order chi connectivity index (χ1) is 13.5. The van der Waals surface area contributed by atoms with Gasteiger partial charge < -0.3 is 19.9 Å². The summed E-state index contributed by atoms with van der Waals surface area (Å²) in [5.41, 5.74) is 4.62. The second-order valence-corrected chi connectivity index (χ2v) is 8.95. The smallest absolute Gasteiger partial charge is 0.120 e. The van der Waals surface area contributed by atoms with Crippen molar-refractivity contribution in [2.45, 2.75) is 59.4 Å². The predicted molar refractivity (Wildman–Crippen MR) is 122 cm³/mol. The first-order valence-electron chi connectivity index (χ1n) is 10.1. The Morgan fingerprint density at radius 2 is 1.69 bits per heavy atom. The zero-order valence-corrected chi connectivity index (χ0v) is 19.0. The van der Waals surface area contributed by atoms with Crippen molar-refractivity contribution in [2.24, 2.45) is 0 Å². The van der Waals surface area contributed by atoms with Gasteiger partial charge in [0.25, 0.3) is 0 Å². The first kappa shape index (κ1) is 22.7. The van der Waals surface area contributed by atoms with E-state index in [0.717, 1.165) is 17.1 Å². The number of hydrogen-bond acceptors (Lipinski definition) is 4. The molecule has 158 valence electrons. The van der Waals surface area contributed by atoms with Crippen molar-refractivity contribution in [3.63, 3.8) is 0 Å². The van der Waals surface area contributed by atoms with Crippen molar-refractivity contribution in [3.05, 3.63) is 53.6 Å². The third-order valence-corrected chi connectivity index (χ3v) is 4.77. The number of phenolic OH excluding ortho intramolecular Hbond substituents is 1. The van der Waals surface area contributed by atoms with Crippen molar-refractivity contribution in [2.75, 3.05) is 19.0 Å². The van der Waals surface area contributed by atoms with Gasteiger partial charge in [-0.15, -0.1) is 0 Å². The summed E-state index contributed by atoms with van der Waals surface area (Å²) in [7, 11) is 1.62. The van der Waals surface area contributed by atoms with Crippen LogP contribution in [0, 0.1) is 0 Å². The molecule has 0 radical (unpaired) electrons. The second-order valence-electron chi connectivity index (χ2n) is 8.95. The summed E-state index contributed by atoms with van der Waals surface area (Å²) in [6.45, 7) is 15.4. The molecule has 3 rings (SSSR count). The molecule has 1 aliphatic rings. The summed E-state index contributed by atoms with van der Waals surface area (Å²) in [6.07, 6.45) is 2.26. The molecule has 0 spiro atoms. The minimum absolute atomic E-state index is 0.0320. The Bertz CT molecular complexity index is 876. The monoisotopic (exact) mass is 397 g/mol. The third kappa shape index (κ3) is 5.93. The van der Waals surface area contributed by atoms with E-state index < -0.39 is 0 Å². The lowest BCUT2D eigenvalue weighted by molar-refractivity contribution is 0.340. The number of ether oxygens (including phenoxy) is 2. The molecule has 2 aromatic rings. The molecule has 0 unspecified atom stereocenters. The lowest BCUT2D eigenvalue weighted by Crippen LogP contribution is -2.31. The molecule has 0 fully saturated rings. The minimum Gasteiger partial charge on any atom is -0.508 e. The summed E-state index contributed by atoms with van der Waals surface area (Å²) in [4.78, 5) is 0. The summed E-state index contributed by atoms with van der Waals surface area (Å²) >= 11 is 0. The van der Waals surface area contributed by atoms with Gasteiger partial charge in [-0.05, 0) is 75.1 Å². The van der Waals surface area contributed by atoms with Crippen LogP contribution in [-0.2, 0) is 5.41 Å². The maximum atomic E-state index is 9.61. The average Bonchev–Trinajstić information content (AvgIpc) is 2.62. The van der Waals surface area contributed by atoms with E-state index in [1.54, 1.807) is 19.2 Å². The highest BCUT2D eigenvalue weighted by Gasteiger charge is 2.22. The number of methoxy groups -OCH3 is 1. The number of benzene rings is 2. The average molecular weight is 398 g/mol. The maximum Gasteiger partial charge on any atom is 0.120 e. The molecule has 2 N–H and O–H groups in total. The number of nitrogens with one attached hydrogen (secondary N) is 1. The Balaban J connectivity index is 0.000000212. The number of aromatic hydroxyl groups is 1. The Morgan fingerprint density at radius 1 is 1.03 bits per heavy atom. The molecule has 2 aromatic carbocycles. The van der Waals surface area contributed by atoms with Gasteiger partial charge in [-0.25, -0.2) is 0 Å². The van der Waals surface area contributed by atoms with Crippen molar-refractivity contribution in [3.8, 4) is 17.2 Å². The molecule has 0 bridgehead atoms. The molecule has 0 amide bonds. The van der Waals surface area contributed by atoms with E-state index in [9.17, 15) is 5.11 Å². The third-order valence-electron chi connectivity index (χ3n) is 4.77. The van der Waals surface area contributed by atoms with E-state index in [2.05, 4.69) is 65.1 Å². The Kier molecular flexibility index (Phi) is 6.89.